The minimum atomic E-state index is 0.0702. The largest absolute Gasteiger partial charge is 0.323 e. The lowest BCUT2D eigenvalue weighted by molar-refractivity contribution is 0.437. The lowest BCUT2D eigenvalue weighted by Gasteiger charge is -2.10. The summed E-state index contributed by atoms with van der Waals surface area (Å²) in [6.45, 7) is 3.16. The third kappa shape index (κ3) is 4.51. The van der Waals surface area contributed by atoms with Crippen molar-refractivity contribution < 1.29 is 0 Å². The molecule has 0 amide bonds. The number of hydrogen-bond acceptors (Lipinski definition) is 4. The molecule has 0 radical (unpaired) electrons. The molecule has 0 unspecified atom stereocenters. The van der Waals surface area contributed by atoms with Crippen molar-refractivity contribution in [3.8, 4) is 0 Å². The Morgan fingerprint density at radius 1 is 1.44 bits per heavy atom. The first-order valence-electron chi connectivity index (χ1n) is 5.62. The van der Waals surface area contributed by atoms with Gasteiger partial charge in [0.15, 0.2) is 0 Å². The molecule has 0 aliphatic carbocycles. The third-order valence-electron chi connectivity index (χ3n) is 2.39. The fourth-order valence-electron chi connectivity index (χ4n) is 1.25. The van der Waals surface area contributed by atoms with Gasteiger partial charge in [-0.3, -0.25) is 4.98 Å². The first-order valence-corrected chi connectivity index (χ1v) is 6.61. The van der Waals surface area contributed by atoms with Crippen LogP contribution < -0.4 is 5.73 Å². The number of pyridine rings is 1. The van der Waals surface area contributed by atoms with E-state index >= 15 is 0 Å². The second-order valence-electron chi connectivity index (χ2n) is 4.09. The number of rotatable bonds is 6. The highest BCUT2D eigenvalue weighted by Crippen LogP contribution is 2.19. The Bertz CT molecular complexity index is 298. The number of thioether (sulfide) groups is 1. The molecule has 0 bridgehead atoms. The number of nitrogens with two attached hydrogens (primary N) is 1. The smallest absolute Gasteiger partial charge is 0.0571 e. The monoisotopic (exact) mass is 239 g/mol. The average molecular weight is 239 g/mol. The molecular formula is C12H21N3S. The maximum Gasteiger partial charge on any atom is 0.0571 e. The van der Waals surface area contributed by atoms with Crippen LogP contribution in [0.4, 0.5) is 0 Å². The van der Waals surface area contributed by atoms with Gasteiger partial charge in [0.2, 0.25) is 0 Å². The summed E-state index contributed by atoms with van der Waals surface area (Å²) in [5, 5.41) is 0. The molecule has 90 valence electrons. The van der Waals surface area contributed by atoms with Crippen LogP contribution in [-0.4, -0.2) is 36.3 Å². The van der Waals surface area contributed by atoms with Gasteiger partial charge in [0.1, 0.15) is 0 Å². The number of nitrogens with zero attached hydrogens (tertiary/aromatic N) is 2. The molecule has 1 atom stereocenters. The molecule has 1 heterocycles. The van der Waals surface area contributed by atoms with Crippen LogP contribution in [0.5, 0.6) is 0 Å². The molecule has 2 N–H and O–H groups in total. The van der Waals surface area contributed by atoms with Crippen molar-refractivity contribution in [2.24, 2.45) is 5.73 Å². The molecule has 0 fully saturated rings. The van der Waals surface area contributed by atoms with Crippen molar-refractivity contribution in [2.75, 3.05) is 26.4 Å². The zero-order chi connectivity index (χ0) is 12.0. The number of aromatic nitrogens is 1. The SMILES string of the molecule is CC[C@H](N)c1ccc(SCCN(C)C)cn1. The van der Waals surface area contributed by atoms with Gasteiger partial charge in [0.05, 0.1) is 5.69 Å². The lowest BCUT2D eigenvalue weighted by Crippen LogP contribution is -2.14. The van der Waals surface area contributed by atoms with Gasteiger partial charge in [-0.25, -0.2) is 0 Å². The summed E-state index contributed by atoms with van der Waals surface area (Å²) < 4.78 is 0. The molecular weight excluding hydrogens is 218 g/mol. The van der Waals surface area contributed by atoms with Crippen molar-refractivity contribution in [1.29, 1.82) is 0 Å². The molecule has 0 aliphatic heterocycles. The minimum Gasteiger partial charge on any atom is -0.323 e. The summed E-state index contributed by atoms with van der Waals surface area (Å²) in [6.07, 6.45) is 2.85. The minimum absolute atomic E-state index is 0.0702. The van der Waals surface area contributed by atoms with E-state index in [2.05, 4.69) is 37.0 Å². The van der Waals surface area contributed by atoms with E-state index in [1.165, 1.54) is 4.90 Å². The fourth-order valence-corrected chi connectivity index (χ4v) is 2.24. The number of hydrogen-bond donors (Lipinski definition) is 1. The van der Waals surface area contributed by atoms with Gasteiger partial charge >= 0.3 is 0 Å². The van der Waals surface area contributed by atoms with E-state index in [0.29, 0.717) is 0 Å². The fraction of sp³-hybridized carbons (Fsp3) is 0.583. The van der Waals surface area contributed by atoms with Gasteiger partial charge in [-0.15, -0.1) is 11.8 Å². The first-order chi connectivity index (χ1) is 7.63. The molecule has 1 rings (SSSR count). The quantitative estimate of drug-likeness (QED) is 0.772. The van der Waals surface area contributed by atoms with Gasteiger partial charge in [-0.1, -0.05) is 6.92 Å². The highest BCUT2D eigenvalue weighted by molar-refractivity contribution is 7.99. The van der Waals surface area contributed by atoms with Crippen molar-refractivity contribution in [3.63, 3.8) is 0 Å². The second-order valence-corrected chi connectivity index (χ2v) is 5.25. The molecule has 4 heteroatoms. The molecule has 0 saturated heterocycles. The zero-order valence-electron chi connectivity index (χ0n) is 10.3. The van der Waals surface area contributed by atoms with Gasteiger partial charge in [0.25, 0.3) is 0 Å². The summed E-state index contributed by atoms with van der Waals surface area (Å²) in [4.78, 5) is 7.79. The highest BCUT2D eigenvalue weighted by atomic mass is 32.2. The van der Waals surface area contributed by atoms with Gasteiger partial charge in [-0.05, 0) is 32.6 Å². The topological polar surface area (TPSA) is 42.1 Å². The van der Waals surface area contributed by atoms with E-state index in [-0.39, 0.29) is 6.04 Å². The highest BCUT2D eigenvalue weighted by Gasteiger charge is 2.04. The standard InChI is InChI=1S/C12H21N3S/c1-4-11(13)12-6-5-10(9-14-12)16-8-7-15(2)3/h5-6,9,11H,4,7-8,13H2,1-3H3/t11-/m0/s1. The Morgan fingerprint density at radius 3 is 2.69 bits per heavy atom. The second kappa shape index (κ2) is 6.89. The average Bonchev–Trinajstić information content (AvgIpc) is 2.28. The van der Waals surface area contributed by atoms with Gasteiger partial charge in [0, 0.05) is 29.4 Å². The Morgan fingerprint density at radius 2 is 2.19 bits per heavy atom. The first kappa shape index (κ1) is 13.5. The van der Waals surface area contributed by atoms with E-state index < -0.39 is 0 Å². The Labute approximate surface area is 102 Å². The maximum atomic E-state index is 5.91. The third-order valence-corrected chi connectivity index (χ3v) is 3.35. The molecule has 0 saturated carbocycles. The molecule has 0 aliphatic rings. The Balaban J connectivity index is 2.45. The van der Waals surface area contributed by atoms with Crippen molar-refractivity contribution >= 4 is 11.8 Å². The van der Waals surface area contributed by atoms with Crippen LogP contribution in [0.1, 0.15) is 25.1 Å². The van der Waals surface area contributed by atoms with E-state index in [0.717, 1.165) is 24.4 Å². The van der Waals surface area contributed by atoms with Crippen LogP contribution in [-0.2, 0) is 0 Å². The van der Waals surface area contributed by atoms with Crippen LogP contribution in [0, 0.1) is 0 Å². The van der Waals surface area contributed by atoms with Crippen molar-refractivity contribution in [2.45, 2.75) is 24.3 Å². The van der Waals surface area contributed by atoms with Crippen LogP contribution in [0.2, 0.25) is 0 Å². The predicted molar refractivity (Wildman–Crippen MR) is 70.7 cm³/mol. The molecule has 1 aromatic rings. The summed E-state index contributed by atoms with van der Waals surface area (Å²) in [5.74, 6) is 1.09. The normalized spacial score (nSPS) is 13.1. The van der Waals surface area contributed by atoms with E-state index in [9.17, 15) is 0 Å². The Hall–Kier alpha value is -0.580. The lowest BCUT2D eigenvalue weighted by atomic mass is 10.1. The van der Waals surface area contributed by atoms with Crippen LogP contribution in [0.25, 0.3) is 0 Å². The van der Waals surface area contributed by atoms with Crippen molar-refractivity contribution in [1.82, 2.24) is 9.88 Å². The summed E-state index contributed by atoms with van der Waals surface area (Å²) in [6, 6.07) is 4.21. The zero-order valence-corrected chi connectivity index (χ0v) is 11.1. The van der Waals surface area contributed by atoms with Crippen LogP contribution in [0.15, 0.2) is 23.2 Å². The summed E-state index contributed by atoms with van der Waals surface area (Å²) in [5.41, 5.74) is 6.89. The van der Waals surface area contributed by atoms with E-state index in [1.807, 2.05) is 24.0 Å². The Kier molecular flexibility index (Phi) is 5.80. The van der Waals surface area contributed by atoms with Crippen molar-refractivity contribution in [3.05, 3.63) is 24.0 Å². The van der Waals surface area contributed by atoms with E-state index in [4.69, 9.17) is 5.73 Å². The molecule has 1 aromatic heterocycles. The van der Waals surface area contributed by atoms with Gasteiger partial charge in [-0.2, -0.15) is 0 Å². The van der Waals surface area contributed by atoms with Gasteiger partial charge < -0.3 is 10.6 Å². The maximum absolute atomic E-state index is 5.91. The van der Waals surface area contributed by atoms with Crippen LogP contribution in [0.3, 0.4) is 0 Å². The molecule has 0 spiro atoms. The molecule has 3 nitrogen and oxygen atoms in total. The summed E-state index contributed by atoms with van der Waals surface area (Å²) >= 11 is 1.83. The molecule has 0 aromatic carbocycles. The summed E-state index contributed by atoms with van der Waals surface area (Å²) in [7, 11) is 4.17. The van der Waals surface area contributed by atoms with Crippen LogP contribution >= 0.6 is 11.8 Å². The van der Waals surface area contributed by atoms with E-state index in [1.54, 1.807) is 0 Å². The predicted octanol–water partition coefficient (Wildman–Crippen LogP) is 2.15. The molecule has 16 heavy (non-hydrogen) atoms.